The molecule has 0 bridgehead atoms. The van der Waals surface area contributed by atoms with Crippen LogP contribution in [-0.2, 0) is 9.31 Å². The Kier molecular flexibility index (Phi) is 4.35. The largest absolute Gasteiger partial charge is 0.494 e. The summed E-state index contributed by atoms with van der Waals surface area (Å²) in [4.78, 5) is 5.00. The molecule has 0 atom stereocenters. The predicted molar refractivity (Wildman–Crippen MR) is 122 cm³/mol. The molecule has 1 aliphatic heterocycles. The topological polar surface area (TPSA) is 35.8 Å². The lowest BCUT2D eigenvalue weighted by Crippen LogP contribution is -2.41. The SMILES string of the molecule is CC1(C)OB(c2ccc(-c3nc(-c4ccccc4)c4ccccn34)cc2)OC1(C)C. The van der Waals surface area contributed by atoms with E-state index in [-0.39, 0.29) is 18.3 Å². The van der Waals surface area contributed by atoms with Crippen LogP contribution >= 0.6 is 0 Å². The van der Waals surface area contributed by atoms with E-state index in [2.05, 4.69) is 86.8 Å². The third-order valence-corrected chi connectivity index (χ3v) is 6.29. The number of imidazole rings is 1. The van der Waals surface area contributed by atoms with E-state index in [1.165, 1.54) is 0 Å². The van der Waals surface area contributed by atoms with Crippen molar-refractivity contribution in [1.29, 1.82) is 0 Å². The summed E-state index contributed by atoms with van der Waals surface area (Å²) in [6.45, 7) is 8.29. The zero-order valence-electron chi connectivity index (χ0n) is 17.8. The van der Waals surface area contributed by atoms with Crippen LogP contribution < -0.4 is 5.46 Å². The van der Waals surface area contributed by atoms with Crippen LogP contribution in [0.15, 0.2) is 79.0 Å². The highest BCUT2D eigenvalue weighted by Gasteiger charge is 2.51. The number of rotatable bonds is 3. The Balaban J connectivity index is 1.53. The van der Waals surface area contributed by atoms with Crippen LogP contribution in [0.3, 0.4) is 0 Å². The first-order valence-electron chi connectivity index (χ1n) is 10.3. The fourth-order valence-electron chi connectivity index (χ4n) is 3.82. The molecule has 0 radical (unpaired) electrons. The first-order chi connectivity index (χ1) is 14.4. The molecule has 2 aromatic carbocycles. The lowest BCUT2D eigenvalue weighted by molar-refractivity contribution is 0.00578. The minimum Gasteiger partial charge on any atom is -0.399 e. The first kappa shape index (κ1) is 19.1. The van der Waals surface area contributed by atoms with Gasteiger partial charge in [0.15, 0.2) is 0 Å². The maximum atomic E-state index is 6.18. The van der Waals surface area contributed by atoms with Crippen LogP contribution in [-0.4, -0.2) is 27.7 Å². The van der Waals surface area contributed by atoms with E-state index in [0.29, 0.717) is 0 Å². The maximum absolute atomic E-state index is 6.18. The average molecular weight is 396 g/mol. The quantitative estimate of drug-likeness (QED) is 0.459. The van der Waals surface area contributed by atoms with Crippen molar-refractivity contribution < 1.29 is 9.31 Å². The van der Waals surface area contributed by atoms with E-state index in [9.17, 15) is 0 Å². The summed E-state index contributed by atoms with van der Waals surface area (Å²) >= 11 is 0. The van der Waals surface area contributed by atoms with Gasteiger partial charge in [-0.05, 0) is 45.3 Å². The molecule has 0 spiro atoms. The molecule has 5 heteroatoms. The summed E-state index contributed by atoms with van der Waals surface area (Å²) < 4.78 is 14.5. The molecule has 1 aliphatic rings. The van der Waals surface area contributed by atoms with Crippen molar-refractivity contribution >= 4 is 18.1 Å². The van der Waals surface area contributed by atoms with Crippen molar-refractivity contribution in [3.8, 4) is 22.6 Å². The highest BCUT2D eigenvalue weighted by Crippen LogP contribution is 2.36. The molecule has 2 aromatic heterocycles. The predicted octanol–water partition coefficient (Wildman–Crippen LogP) is 4.97. The second-order valence-electron chi connectivity index (χ2n) is 8.82. The molecular weight excluding hydrogens is 371 g/mol. The zero-order chi connectivity index (χ0) is 20.9. The second kappa shape index (κ2) is 6.83. The normalized spacial score (nSPS) is 17.5. The Labute approximate surface area is 177 Å². The molecule has 1 saturated heterocycles. The molecule has 1 fully saturated rings. The van der Waals surface area contributed by atoms with Crippen LogP contribution in [0, 0.1) is 0 Å². The van der Waals surface area contributed by atoms with Gasteiger partial charge in [0.05, 0.1) is 22.4 Å². The van der Waals surface area contributed by atoms with Crippen LogP contribution in [0.2, 0.25) is 0 Å². The van der Waals surface area contributed by atoms with Crippen molar-refractivity contribution in [3.63, 3.8) is 0 Å². The minimum absolute atomic E-state index is 0.347. The number of aromatic nitrogens is 2. The van der Waals surface area contributed by atoms with Crippen LogP contribution in [0.4, 0.5) is 0 Å². The van der Waals surface area contributed by atoms with Crippen molar-refractivity contribution in [2.75, 3.05) is 0 Å². The molecule has 0 saturated carbocycles. The van der Waals surface area contributed by atoms with Crippen molar-refractivity contribution in [1.82, 2.24) is 9.38 Å². The summed E-state index contributed by atoms with van der Waals surface area (Å²) in [7, 11) is -0.360. The number of pyridine rings is 1. The van der Waals surface area contributed by atoms with Gasteiger partial charge in [-0.2, -0.15) is 0 Å². The Bertz CT molecular complexity index is 1180. The Morgan fingerprint density at radius 1 is 0.733 bits per heavy atom. The smallest absolute Gasteiger partial charge is 0.399 e. The molecular formula is C25H25BN2O2. The Hall–Kier alpha value is -2.89. The van der Waals surface area contributed by atoms with E-state index in [1.54, 1.807) is 0 Å². The van der Waals surface area contributed by atoms with Gasteiger partial charge in [-0.1, -0.05) is 60.7 Å². The standard InChI is InChI=1S/C25H25BN2O2/c1-24(2)25(3,4)30-26(29-24)20-15-13-19(14-16-20)23-27-22(18-10-6-5-7-11-18)21-12-8-9-17-28(21)23/h5-17H,1-4H3. The number of fused-ring (bicyclic) bond motifs is 1. The molecule has 150 valence electrons. The highest BCUT2D eigenvalue weighted by molar-refractivity contribution is 6.62. The van der Waals surface area contributed by atoms with E-state index >= 15 is 0 Å². The summed E-state index contributed by atoms with van der Waals surface area (Å²) in [5.41, 5.74) is 4.57. The highest BCUT2D eigenvalue weighted by atomic mass is 16.7. The number of hydrogen-bond acceptors (Lipinski definition) is 3. The lowest BCUT2D eigenvalue weighted by atomic mass is 9.79. The first-order valence-corrected chi connectivity index (χ1v) is 10.3. The molecule has 30 heavy (non-hydrogen) atoms. The van der Waals surface area contributed by atoms with Gasteiger partial charge in [0, 0.05) is 17.3 Å². The van der Waals surface area contributed by atoms with E-state index < -0.39 is 0 Å². The van der Waals surface area contributed by atoms with Gasteiger partial charge < -0.3 is 9.31 Å². The zero-order valence-corrected chi connectivity index (χ0v) is 17.8. The fourth-order valence-corrected chi connectivity index (χ4v) is 3.82. The Morgan fingerprint density at radius 2 is 1.37 bits per heavy atom. The summed E-state index contributed by atoms with van der Waals surface area (Å²) in [5, 5.41) is 0. The molecule has 0 unspecified atom stereocenters. The van der Waals surface area contributed by atoms with Crippen molar-refractivity contribution in [3.05, 3.63) is 79.0 Å². The van der Waals surface area contributed by atoms with Crippen LogP contribution in [0.1, 0.15) is 27.7 Å². The summed E-state index contributed by atoms with van der Waals surface area (Å²) in [5.74, 6) is 0.921. The number of hydrogen-bond donors (Lipinski definition) is 0. The lowest BCUT2D eigenvalue weighted by Gasteiger charge is -2.32. The van der Waals surface area contributed by atoms with Gasteiger partial charge in [0.1, 0.15) is 5.82 Å². The summed E-state index contributed by atoms with van der Waals surface area (Å²) in [6.07, 6.45) is 2.06. The maximum Gasteiger partial charge on any atom is 0.494 e. The Morgan fingerprint density at radius 3 is 2.03 bits per heavy atom. The van der Waals surface area contributed by atoms with Crippen LogP contribution in [0.5, 0.6) is 0 Å². The monoisotopic (exact) mass is 396 g/mol. The summed E-state index contributed by atoms with van der Waals surface area (Å²) in [6, 6.07) is 24.8. The second-order valence-corrected chi connectivity index (χ2v) is 8.82. The third kappa shape index (κ3) is 3.06. The van der Waals surface area contributed by atoms with Crippen LogP contribution in [0.25, 0.3) is 28.2 Å². The van der Waals surface area contributed by atoms with Gasteiger partial charge >= 0.3 is 7.12 Å². The van der Waals surface area contributed by atoms with Gasteiger partial charge in [0.25, 0.3) is 0 Å². The van der Waals surface area contributed by atoms with Crippen molar-refractivity contribution in [2.24, 2.45) is 0 Å². The van der Waals surface area contributed by atoms with Gasteiger partial charge in [-0.25, -0.2) is 4.98 Å². The molecule has 4 nitrogen and oxygen atoms in total. The van der Waals surface area contributed by atoms with Gasteiger partial charge in [-0.15, -0.1) is 0 Å². The van der Waals surface area contributed by atoms with E-state index in [4.69, 9.17) is 14.3 Å². The molecule has 0 aliphatic carbocycles. The van der Waals surface area contributed by atoms with Gasteiger partial charge in [-0.3, -0.25) is 4.40 Å². The molecule has 0 amide bonds. The van der Waals surface area contributed by atoms with Crippen molar-refractivity contribution in [2.45, 2.75) is 38.9 Å². The fraction of sp³-hybridized carbons (Fsp3) is 0.240. The van der Waals surface area contributed by atoms with E-state index in [1.807, 2.05) is 24.3 Å². The van der Waals surface area contributed by atoms with E-state index in [0.717, 1.165) is 33.6 Å². The number of benzene rings is 2. The molecule has 0 N–H and O–H groups in total. The third-order valence-electron chi connectivity index (χ3n) is 6.29. The molecule has 3 heterocycles. The minimum atomic E-state index is -0.360. The molecule has 5 rings (SSSR count). The van der Waals surface area contributed by atoms with Gasteiger partial charge in [0.2, 0.25) is 0 Å². The average Bonchev–Trinajstić information content (AvgIpc) is 3.23. The number of nitrogens with zero attached hydrogens (tertiary/aromatic N) is 2. The molecule has 4 aromatic rings.